The monoisotopic (exact) mass is 380 g/mol. The molecular weight excluding hydrogens is 336 g/mol. The fourth-order valence-corrected chi connectivity index (χ4v) is 1.67. The molecule has 0 fully saturated rings. The summed E-state index contributed by atoms with van der Waals surface area (Å²) in [4.78, 5) is 0. The Morgan fingerprint density at radius 1 is 0.423 bits per heavy atom. The molecule has 0 aromatic rings. The molecule has 0 saturated carbocycles. The maximum Gasteiger partial charge on any atom is 0.0701 e. The Morgan fingerprint density at radius 3 is 1.00 bits per heavy atom. The van der Waals surface area contributed by atoms with E-state index >= 15 is 0 Å². The van der Waals surface area contributed by atoms with Gasteiger partial charge in [0.2, 0.25) is 0 Å². The number of unbranched alkanes of at least 4 members (excludes halogenated alkanes) is 3. The first-order chi connectivity index (χ1) is 12.8. The lowest BCUT2D eigenvalue weighted by Gasteiger charge is -2.06. The third-order valence-corrected chi connectivity index (χ3v) is 3.28. The van der Waals surface area contributed by atoms with Crippen LogP contribution < -0.4 is 0 Å². The SMILES string of the molecule is CCCCOCCCC.CCCCOCCOCCOCCOCCO. The maximum atomic E-state index is 8.45. The highest BCUT2D eigenvalue weighted by atomic mass is 16.6. The van der Waals surface area contributed by atoms with Crippen molar-refractivity contribution < 1.29 is 28.8 Å². The normalized spacial score (nSPS) is 10.6. The van der Waals surface area contributed by atoms with Gasteiger partial charge >= 0.3 is 0 Å². The molecule has 6 heteroatoms. The van der Waals surface area contributed by atoms with E-state index in [0.717, 1.165) is 32.7 Å². The van der Waals surface area contributed by atoms with E-state index < -0.39 is 0 Å². The second-order valence-corrected chi connectivity index (χ2v) is 5.85. The van der Waals surface area contributed by atoms with Gasteiger partial charge in [0.05, 0.1) is 52.9 Å². The van der Waals surface area contributed by atoms with Crippen molar-refractivity contribution in [1.29, 1.82) is 0 Å². The topological polar surface area (TPSA) is 66.4 Å². The number of hydrogen-bond acceptors (Lipinski definition) is 6. The molecular formula is C20H44O6. The Kier molecular flexibility index (Phi) is 31.8. The maximum absolute atomic E-state index is 8.45. The highest BCUT2D eigenvalue weighted by Crippen LogP contribution is 1.91. The zero-order valence-electron chi connectivity index (χ0n) is 17.5. The molecule has 0 aliphatic heterocycles. The standard InChI is InChI=1S/C12H26O5.C8H18O/c1-2-3-5-14-7-9-16-11-12-17-10-8-15-6-4-13;1-3-5-7-9-8-6-4-2/h13H,2-12H2,1H3;3-8H2,1-2H3. The molecule has 0 aliphatic carbocycles. The molecule has 0 radical (unpaired) electrons. The lowest BCUT2D eigenvalue weighted by Crippen LogP contribution is -2.12. The highest BCUT2D eigenvalue weighted by Gasteiger charge is 1.92. The summed E-state index contributed by atoms with van der Waals surface area (Å²) in [6, 6.07) is 0. The van der Waals surface area contributed by atoms with Gasteiger partial charge in [-0.1, -0.05) is 40.0 Å². The highest BCUT2D eigenvalue weighted by molar-refractivity contribution is 4.36. The van der Waals surface area contributed by atoms with E-state index in [1.54, 1.807) is 0 Å². The Balaban J connectivity index is 0. The van der Waals surface area contributed by atoms with Gasteiger partial charge in [-0.15, -0.1) is 0 Å². The van der Waals surface area contributed by atoms with E-state index in [1.807, 2.05) is 0 Å². The summed E-state index contributed by atoms with van der Waals surface area (Å²) in [7, 11) is 0. The van der Waals surface area contributed by atoms with E-state index in [2.05, 4.69) is 20.8 Å². The van der Waals surface area contributed by atoms with Crippen molar-refractivity contribution in [2.75, 3.05) is 72.7 Å². The van der Waals surface area contributed by atoms with E-state index in [0.29, 0.717) is 46.2 Å². The summed E-state index contributed by atoms with van der Waals surface area (Å²) in [5, 5.41) is 8.45. The van der Waals surface area contributed by atoms with Crippen LogP contribution in [0, 0.1) is 0 Å². The van der Waals surface area contributed by atoms with Crippen LogP contribution in [0.4, 0.5) is 0 Å². The number of hydrogen-bond donors (Lipinski definition) is 1. The minimum Gasteiger partial charge on any atom is -0.394 e. The molecule has 6 nitrogen and oxygen atoms in total. The van der Waals surface area contributed by atoms with Crippen LogP contribution in [0.5, 0.6) is 0 Å². The Labute approximate surface area is 161 Å². The third kappa shape index (κ3) is 31.5. The van der Waals surface area contributed by atoms with Gasteiger partial charge < -0.3 is 28.8 Å². The molecule has 26 heavy (non-hydrogen) atoms. The van der Waals surface area contributed by atoms with Crippen molar-refractivity contribution in [2.45, 2.75) is 59.3 Å². The second-order valence-electron chi connectivity index (χ2n) is 5.85. The van der Waals surface area contributed by atoms with Crippen molar-refractivity contribution in [2.24, 2.45) is 0 Å². The van der Waals surface area contributed by atoms with Gasteiger partial charge in [-0.25, -0.2) is 0 Å². The molecule has 0 spiro atoms. The molecule has 0 aromatic heterocycles. The first-order valence-electron chi connectivity index (χ1n) is 10.3. The smallest absolute Gasteiger partial charge is 0.0701 e. The Hall–Kier alpha value is -0.240. The molecule has 0 bridgehead atoms. The van der Waals surface area contributed by atoms with Crippen molar-refractivity contribution in [3.63, 3.8) is 0 Å². The predicted octanol–water partition coefficient (Wildman–Crippen LogP) is 3.45. The largest absolute Gasteiger partial charge is 0.394 e. The molecule has 0 saturated heterocycles. The lowest BCUT2D eigenvalue weighted by molar-refractivity contribution is -0.00568. The van der Waals surface area contributed by atoms with Gasteiger partial charge in [0.1, 0.15) is 0 Å². The van der Waals surface area contributed by atoms with Crippen LogP contribution in [0.1, 0.15) is 59.3 Å². The molecule has 1 N–H and O–H groups in total. The molecule has 0 rings (SSSR count). The van der Waals surface area contributed by atoms with Crippen LogP contribution in [0.15, 0.2) is 0 Å². The van der Waals surface area contributed by atoms with Crippen LogP contribution in [-0.2, 0) is 23.7 Å². The van der Waals surface area contributed by atoms with Crippen molar-refractivity contribution in [3.8, 4) is 0 Å². The van der Waals surface area contributed by atoms with Gasteiger partial charge in [-0.3, -0.25) is 0 Å². The summed E-state index contributed by atoms with van der Waals surface area (Å²) in [6.45, 7) is 13.1. The fraction of sp³-hybridized carbons (Fsp3) is 1.00. The quantitative estimate of drug-likeness (QED) is 0.326. The minimum atomic E-state index is 0.0567. The van der Waals surface area contributed by atoms with Crippen LogP contribution in [-0.4, -0.2) is 77.8 Å². The first-order valence-corrected chi connectivity index (χ1v) is 10.3. The zero-order valence-corrected chi connectivity index (χ0v) is 17.5. The van der Waals surface area contributed by atoms with Crippen LogP contribution in [0.3, 0.4) is 0 Å². The minimum absolute atomic E-state index is 0.0567. The molecule has 0 atom stereocenters. The molecule has 0 amide bonds. The van der Waals surface area contributed by atoms with Crippen molar-refractivity contribution in [3.05, 3.63) is 0 Å². The predicted molar refractivity (Wildman–Crippen MR) is 106 cm³/mol. The molecule has 0 heterocycles. The molecule has 0 aromatic carbocycles. The van der Waals surface area contributed by atoms with Gasteiger partial charge in [0.15, 0.2) is 0 Å². The summed E-state index contributed by atoms with van der Waals surface area (Å²) >= 11 is 0. The van der Waals surface area contributed by atoms with Gasteiger partial charge in [-0.2, -0.15) is 0 Å². The average Bonchev–Trinajstić information content (AvgIpc) is 2.66. The second kappa shape index (κ2) is 29.5. The zero-order chi connectivity index (χ0) is 19.6. The number of rotatable bonds is 20. The lowest BCUT2D eigenvalue weighted by atomic mass is 10.3. The molecule has 0 aliphatic rings. The average molecular weight is 381 g/mol. The van der Waals surface area contributed by atoms with Gasteiger partial charge in [0, 0.05) is 19.8 Å². The number of aliphatic hydroxyl groups is 1. The first kappa shape index (κ1) is 28.0. The summed E-state index contributed by atoms with van der Waals surface area (Å²) in [5.41, 5.74) is 0. The van der Waals surface area contributed by atoms with Crippen LogP contribution >= 0.6 is 0 Å². The summed E-state index contributed by atoms with van der Waals surface area (Å²) < 4.78 is 26.2. The fourth-order valence-electron chi connectivity index (χ4n) is 1.67. The van der Waals surface area contributed by atoms with E-state index in [1.165, 1.54) is 25.7 Å². The Morgan fingerprint density at radius 2 is 0.692 bits per heavy atom. The van der Waals surface area contributed by atoms with E-state index in [4.69, 9.17) is 28.8 Å². The third-order valence-electron chi connectivity index (χ3n) is 3.28. The van der Waals surface area contributed by atoms with Crippen LogP contribution in [0.2, 0.25) is 0 Å². The number of aliphatic hydroxyl groups excluding tert-OH is 1. The number of ether oxygens (including phenoxy) is 5. The molecule has 160 valence electrons. The molecule has 0 unspecified atom stereocenters. The van der Waals surface area contributed by atoms with Crippen LogP contribution in [0.25, 0.3) is 0 Å². The van der Waals surface area contributed by atoms with Crippen molar-refractivity contribution >= 4 is 0 Å². The van der Waals surface area contributed by atoms with E-state index in [9.17, 15) is 0 Å². The van der Waals surface area contributed by atoms with Crippen molar-refractivity contribution in [1.82, 2.24) is 0 Å². The summed E-state index contributed by atoms with van der Waals surface area (Å²) in [5.74, 6) is 0. The summed E-state index contributed by atoms with van der Waals surface area (Å²) in [6.07, 6.45) is 7.18. The Bertz CT molecular complexity index is 196. The van der Waals surface area contributed by atoms with Gasteiger partial charge in [-0.05, 0) is 19.3 Å². The van der Waals surface area contributed by atoms with Gasteiger partial charge in [0.25, 0.3) is 0 Å². The van der Waals surface area contributed by atoms with E-state index in [-0.39, 0.29) is 6.61 Å².